The number of hydrogen-bond acceptors (Lipinski definition) is 5. The Morgan fingerprint density at radius 2 is 1.89 bits per heavy atom. The molecule has 2 bridgehead atoms. The zero-order chi connectivity index (χ0) is 13.4. The van der Waals surface area contributed by atoms with Crippen molar-refractivity contribution in [1.29, 1.82) is 0 Å². The van der Waals surface area contributed by atoms with E-state index in [1.54, 1.807) is 0 Å². The van der Waals surface area contributed by atoms with Crippen molar-refractivity contribution in [3.05, 3.63) is 11.6 Å². The molecule has 4 N–H and O–H groups in total. The molecule has 1 saturated heterocycles. The fourth-order valence-electron chi connectivity index (χ4n) is 2.45. The standard InChI is InChI=1S/C10H12N2O6/c13-8(14)4-1-2-12-7(10(17)18)5(4)3-6(11-12)9(15)16/h1,5-7,11H,2-3H2,(H,13,14)(H,15,16)(H,17,18). The van der Waals surface area contributed by atoms with E-state index < -0.39 is 35.9 Å². The third-order valence-electron chi connectivity index (χ3n) is 3.23. The van der Waals surface area contributed by atoms with Crippen molar-refractivity contribution in [1.82, 2.24) is 10.4 Å². The molecule has 2 heterocycles. The first-order valence-electron chi connectivity index (χ1n) is 5.33. The Bertz CT molecular complexity index is 446. The number of hydrogen-bond donors (Lipinski definition) is 4. The van der Waals surface area contributed by atoms with Gasteiger partial charge in [0.25, 0.3) is 0 Å². The van der Waals surface area contributed by atoms with Gasteiger partial charge in [-0.05, 0) is 6.42 Å². The predicted molar refractivity (Wildman–Crippen MR) is 56.5 cm³/mol. The maximum Gasteiger partial charge on any atom is 0.331 e. The number of nitrogens with one attached hydrogen (secondary N) is 1. The van der Waals surface area contributed by atoms with Gasteiger partial charge >= 0.3 is 17.9 Å². The molecule has 0 spiro atoms. The highest BCUT2D eigenvalue weighted by atomic mass is 16.4. The van der Waals surface area contributed by atoms with Crippen molar-refractivity contribution >= 4 is 17.9 Å². The SMILES string of the molecule is O=C(O)C1=CCN2NC(C(=O)O)CC1C2C(=O)O. The van der Waals surface area contributed by atoms with Gasteiger partial charge in [0.2, 0.25) is 0 Å². The fraction of sp³-hybridized carbons (Fsp3) is 0.500. The Hall–Kier alpha value is -1.93. The Balaban J connectivity index is 2.35. The number of rotatable bonds is 3. The lowest BCUT2D eigenvalue weighted by Gasteiger charge is -2.44. The van der Waals surface area contributed by atoms with Crippen molar-refractivity contribution in [2.75, 3.05) is 6.54 Å². The molecule has 4 unspecified atom stereocenters. The zero-order valence-electron chi connectivity index (χ0n) is 9.24. The third-order valence-corrected chi connectivity index (χ3v) is 3.23. The topological polar surface area (TPSA) is 127 Å². The molecule has 8 heteroatoms. The highest BCUT2D eigenvalue weighted by molar-refractivity contribution is 5.90. The lowest BCUT2D eigenvalue weighted by atomic mass is 9.81. The molecular weight excluding hydrogens is 244 g/mol. The average Bonchev–Trinajstić information content (AvgIpc) is 2.26. The molecule has 0 saturated carbocycles. The summed E-state index contributed by atoms with van der Waals surface area (Å²) in [6.07, 6.45) is 1.36. The summed E-state index contributed by atoms with van der Waals surface area (Å²) < 4.78 is 0. The summed E-state index contributed by atoms with van der Waals surface area (Å²) in [6, 6.07) is -2.01. The first-order chi connectivity index (χ1) is 8.41. The van der Waals surface area contributed by atoms with Crippen LogP contribution < -0.4 is 5.43 Å². The Kier molecular flexibility index (Phi) is 3.05. The molecular formula is C10H12N2O6. The molecule has 0 radical (unpaired) electrons. The molecule has 0 aromatic heterocycles. The minimum absolute atomic E-state index is 0.0219. The summed E-state index contributed by atoms with van der Waals surface area (Å²) in [6.45, 7) is 0.0544. The Labute approximate surface area is 101 Å². The number of carboxylic acid groups (broad SMARTS) is 3. The quantitative estimate of drug-likeness (QED) is 0.493. The van der Waals surface area contributed by atoms with E-state index in [2.05, 4.69) is 5.43 Å². The molecule has 8 nitrogen and oxygen atoms in total. The minimum Gasteiger partial charge on any atom is -0.480 e. The Morgan fingerprint density at radius 3 is 2.39 bits per heavy atom. The maximum atomic E-state index is 11.2. The number of fused-ring (bicyclic) bond motifs is 2. The van der Waals surface area contributed by atoms with E-state index in [-0.39, 0.29) is 18.5 Å². The van der Waals surface area contributed by atoms with E-state index in [9.17, 15) is 14.4 Å². The van der Waals surface area contributed by atoms with Crippen LogP contribution in [0.5, 0.6) is 0 Å². The van der Waals surface area contributed by atoms with Crippen molar-refractivity contribution in [3.8, 4) is 0 Å². The fourth-order valence-corrected chi connectivity index (χ4v) is 2.45. The van der Waals surface area contributed by atoms with Crippen LogP contribution in [-0.4, -0.2) is 56.9 Å². The van der Waals surface area contributed by atoms with Gasteiger partial charge < -0.3 is 15.3 Å². The summed E-state index contributed by atoms with van der Waals surface area (Å²) in [5.41, 5.74) is 2.57. The summed E-state index contributed by atoms with van der Waals surface area (Å²) in [7, 11) is 0. The molecule has 0 aromatic rings. The maximum absolute atomic E-state index is 11.2. The molecule has 1 fully saturated rings. The lowest BCUT2D eigenvalue weighted by Crippen LogP contribution is -2.65. The van der Waals surface area contributed by atoms with Crippen LogP contribution in [0.2, 0.25) is 0 Å². The largest absolute Gasteiger partial charge is 0.480 e. The van der Waals surface area contributed by atoms with E-state index in [0.717, 1.165) is 0 Å². The van der Waals surface area contributed by atoms with Crippen molar-refractivity contribution in [2.24, 2.45) is 5.92 Å². The van der Waals surface area contributed by atoms with Crippen molar-refractivity contribution < 1.29 is 29.7 Å². The summed E-state index contributed by atoms with van der Waals surface area (Å²) >= 11 is 0. The van der Waals surface area contributed by atoms with Crippen LogP contribution >= 0.6 is 0 Å². The highest BCUT2D eigenvalue weighted by Gasteiger charge is 2.47. The molecule has 2 rings (SSSR count). The highest BCUT2D eigenvalue weighted by Crippen LogP contribution is 2.32. The van der Waals surface area contributed by atoms with Gasteiger partial charge in [0.05, 0.1) is 0 Å². The summed E-state index contributed by atoms with van der Waals surface area (Å²) in [5, 5.41) is 28.4. The van der Waals surface area contributed by atoms with Crippen LogP contribution in [0.15, 0.2) is 11.6 Å². The lowest BCUT2D eigenvalue weighted by molar-refractivity contribution is -0.157. The smallest absolute Gasteiger partial charge is 0.331 e. The van der Waals surface area contributed by atoms with E-state index in [0.29, 0.717) is 0 Å². The molecule has 18 heavy (non-hydrogen) atoms. The van der Waals surface area contributed by atoms with Crippen LogP contribution in [0.3, 0.4) is 0 Å². The molecule has 2 aliphatic heterocycles. The summed E-state index contributed by atoms with van der Waals surface area (Å²) in [5.74, 6) is -4.31. The van der Waals surface area contributed by atoms with Crippen molar-refractivity contribution in [3.63, 3.8) is 0 Å². The minimum atomic E-state index is -1.20. The number of hydrazine groups is 1. The van der Waals surface area contributed by atoms with E-state index >= 15 is 0 Å². The van der Waals surface area contributed by atoms with E-state index in [1.807, 2.05) is 0 Å². The normalized spacial score (nSPS) is 34.6. The molecule has 0 amide bonds. The van der Waals surface area contributed by atoms with Crippen LogP contribution in [-0.2, 0) is 14.4 Å². The summed E-state index contributed by atoms with van der Waals surface area (Å²) in [4.78, 5) is 33.1. The van der Waals surface area contributed by atoms with Gasteiger partial charge in [-0.25, -0.2) is 15.2 Å². The average molecular weight is 256 g/mol. The third kappa shape index (κ3) is 1.95. The predicted octanol–water partition coefficient (Wildman–Crippen LogP) is -1.26. The van der Waals surface area contributed by atoms with E-state index in [4.69, 9.17) is 15.3 Å². The van der Waals surface area contributed by atoms with Crippen LogP contribution in [0, 0.1) is 5.92 Å². The monoisotopic (exact) mass is 256 g/mol. The van der Waals surface area contributed by atoms with Crippen LogP contribution in [0.4, 0.5) is 0 Å². The number of nitrogens with zero attached hydrogens (tertiary/aromatic N) is 1. The van der Waals surface area contributed by atoms with Gasteiger partial charge in [-0.1, -0.05) is 6.08 Å². The molecule has 0 aromatic carbocycles. The van der Waals surface area contributed by atoms with Gasteiger partial charge in [0.1, 0.15) is 12.1 Å². The first-order valence-corrected chi connectivity index (χ1v) is 5.33. The molecule has 0 aliphatic carbocycles. The molecule has 4 atom stereocenters. The van der Waals surface area contributed by atoms with Gasteiger partial charge in [-0.3, -0.25) is 9.59 Å². The van der Waals surface area contributed by atoms with Gasteiger partial charge in [0.15, 0.2) is 0 Å². The van der Waals surface area contributed by atoms with Gasteiger partial charge in [0, 0.05) is 18.0 Å². The molecule has 2 aliphatic rings. The second-order valence-corrected chi connectivity index (χ2v) is 4.26. The van der Waals surface area contributed by atoms with Gasteiger partial charge in [-0.15, -0.1) is 0 Å². The van der Waals surface area contributed by atoms with Crippen LogP contribution in [0.1, 0.15) is 6.42 Å². The second kappa shape index (κ2) is 4.39. The first kappa shape index (κ1) is 12.5. The van der Waals surface area contributed by atoms with E-state index in [1.165, 1.54) is 11.1 Å². The molecule has 98 valence electrons. The van der Waals surface area contributed by atoms with Crippen molar-refractivity contribution in [2.45, 2.75) is 18.5 Å². The zero-order valence-corrected chi connectivity index (χ0v) is 9.24. The number of aliphatic carboxylic acids is 3. The second-order valence-electron chi connectivity index (χ2n) is 4.26. The number of carbonyl (C=O) groups is 3. The van der Waals surface area contributed by atoms with Gasteiger partial charge in [-0.2, -0.15) is 0 Å². The Morgan fingerprint density at radius 1 is 1.22 bits per heavy atom. The van der Waals surface area contributed by atoms with Crippen LogP contribution in [0.25, 0.3) is 0 Å². The number of carboxylic acids is 3.